The summed E-state index contributed by atoms with van der Waals surface area (Å²) >= 11 is 0. The first-order chi connectivity index (χ1) is 8.20. The van der Waals surface area contributed by atoms with Crippen LogP contribution in [0, 0.1) is 0 Å². The Kier molecular flexibility index (Phi) is 3.71. The van der Waals surface area contributed by atoms with Gasteiger partial charge >= 0.3 is 0 Å². The third-order valence-electron chi connectivity index (χ3n) is 3.05. The van der Waals surface area contributed by atoms with Gasteiger partial charge in [0, 0.05) is 24.7 Å². The van der Waals surface area contributed by atoms with Gasteiger partial charge < -0.3 is 10.5 Å². The number of hydrogen-bond donors (Lipinski definition) is 1. The lowest BCUT2D eigenvalue weighted by Gasteiger charge is -2.16. The van der Waals surface area contributed by atoms with Crippen LogP contribution in [-0.2, 0) is 4.74 Å². The maximum absolute atomic E-state index is 6.15. The predicted octanol–water partition coefficient (Wildman–Crippen LogP) is 2.66. The van der Waals surface area contributed by atoms with E-state index in [1.807, 2.05) is 13.0 Å². The van der Waals surface area contributed by atoms with Gasteiger partial charge in [0.25, 0.3) is 0 Å². The molecule has 0 spiro atoms. The summed E-state index contributed by atoms with van der Waals surface area (Å²) in [5.74, 6) is 0. The van der Waals surface area contributed by atoms with Gasteiger partial charge in [-0.3, -0.25) is 4.98 Å². The molecular formula is C14H18N2O. The van der Waals surface area contributed by atoms with Gasteiger partial charge in [-0.15, -0.1) is 0 Å². The Morgan fingerprint density at radius 2 is 2.18 bits per heavy atom. The van der Waals surface area contributed by atoms with Gasteiger partial charge in [-0.1, -0.05) is 18.2 Å². The fourth-order valence-corrected chi connectivity index (χ4v) is 1.90. The van der Waals surface area contributed by atoms with E-state index in [2.05, 4.69) is 29.2 Å². The lowest BCUT2D eigenvalue weighted by Crippen LogP contribution is -2.18. The van der Waals surface area contributed by atoms with Crippen molar-refractivity contribution in [3.8, 4) is 0 Å². The number of methoxy groups -OCH3 is 1. The van der Waals surface area contributed by atoms with Crippen LogP contribution in [0.15, 0.2) is 36.5 Å². The second kappa shape index (κ2) is 5.25. The molecule has 0 radical (unpaired) electrons. The van der Waals surface area contributed by atoms with Gasteiger partial charge in [-0.25, -0.2) is 0 Å². The topological polar surface area (TPSA) is 48.1 Å². The monoisotopic (exact) mass is 230 g/mol. The average Bonchev–Trinajstić information content (AvgIpc) is 2.38. The van der Waals surface area contributed by atoms with Crippen LogP contribution in [0.1, 0.15) is 24.9 Å². The molecule has 1 aromatic heterocycles. The van der Waals surface area contributed by atoms with Crippen molar-refractivity contribution in [2.75, 3.05) is 7.11 Å². The summed E-state index contributed by atoms with van der Waals surface area (Å²) in [6.45, 7) is 2.03. The largest absolute Gasteiger partial charge is 0.382 e. The predicted molar refractivity (Wildman–Crippen MR) is 69.8 cm³/mol. The summed E-state index contributed by atoms with van der Waals surface area (Å²) in [5, 5.41) is 1.14. The molecule has 0 saturated carbocycles. The first kappa shape index (κ1) is 12.0. The number of nitrogens with two attached hydrogens (primary N) is 1. The van der Waals surface area contributed by atoms with Crippen LogP contribution in [0.5, 0.6) is 0 Å². The minimum absolute atomic E-state index is 0.00337. The first-order valence-corrected chi connectivity index (χ1v) is 5.83. The highest BCUT2D eigenvalue weighted by Gasteiger charge is 2.11. The van der Waals surface area contributed by atoms with Crippen LogP contribution in [0.3, 0.4) is 0 Å². The van der Waals surface area contributed by atoms with Crippen molar-refractivity contribution in [3.05, 3.63) is 42.1 Å². The fraction of sp³-hybridized carbons (Fsp3) is 0.357. The van der Waals surface area contributed by atoms with Crippen LogP contribution < -0.4 is 5.73 Å². The molecule has 90 valence electrons. The van der Waals surface area contributed by atoms with Gasteiger partial charge in [0.15, 0.2) is 0 Å². The summed E-state index contributed by atoms with van der Waals surface area (Å²) < 4.78 is 5.23. The Morgan fingerprint density at radius 3 is 2.94 bits per heavy atom. The Labute approximate surface area is 102 Å². The molecule has 3 nitrogen and oxygen atoms in total. The molecule has 0 aliphatic rings. The molecule has 0 aliphatic heterocycles. The smallest absolute Gasteiger partial charge is 0.0705 e. The van der Waals surface area contributed by atoms with Gasteiger partial charge in [0.2, 0.25) is 0 Å². The molecule has 2 unspecified atom stereocenters. The first-order valence-electron chi connectivity index (χ1n) is 5.83. The molecular weight excluding hydrogens is 212 g/mol. The van der Waals surface area contributed by atoms with Crippen molar-refractivity contribution in [2.24, 2.45) is 5.73 Å². The number of pyridine rings is 1. The molecule has 0 aliphatic carbocycles. The molecule has 0 saturated heterocycles. The lowest BCUT2D eigenvalue weighted by atomic mass is 10.0. The van der Waals surface area contributed by atoms with E-state index in [1.54, 1.807) is 13.3 Å². The zero-order chi connectivity index (χ0) is 12.3. The van der Waals surface area contributed by atoms with Crippen molar-refractivity contribution in [1.82, 2.24) is 4.98 Å². The quantitative estimate of drug-likeness (QED) is 0.878. The highest BCUT2D eigenvalue weighted by Crippen LogP contribution is 2.21. The third-order valence-corrected chi connectivity index (χ3v) is 3.05. The molecule has 0 fully saturated rings. The summed E-state index contributed by atoms with van der Waals surface area (Å²) in [4.78, 5) is 4.34. The maximum Gasteiger partial charge on any atom is 0.0705 e. The molecule has 2 rings (SSSR count). The SMILES string of the molecule is COC(C)CC(N)c1ccc2cccnc2c1. The highest BCUT2D eigenvalue weighted by molar-refractivity contribution is 5.78. The van der Waals surface area contributed by atoms with E-state index in [0.29, 0.717) is 0 Å². The van der Waals surface area contributed by atoms with Gasteiger partial charge in [0.1, 0.15) is 0 Å². The number of ether oxygens (including phenoxy) is 1. The molecule has 1 heterocycles. The van der Waals surface area contributed by atoms with E-state index in [1.165, 1.54) is 0 Å². The standard InChI is InChI=1S/C14H18N2O/c1-10(17-2)8-13(15)12-6-5-11-4-3-7-16-14(11)9-12/h3-7,9-10,13H,8,15H2,1-2H3. The van der Waals surface area contributed by atoms with E-state index in [-0.39, 0.29) is 12.1 Å². The number of hydrogen-bond acceptors (Lipinski definition) is 3. The number of benzene rings is 1. The van der Waals surface area contributed by atoms with E-state index < -0.39 is 0 Å². The summed E-state index contributed by atoms with van der Waals surface area (Å²) in [5.41, 5.74) is 8.26. The Morgan fingerprint density at radius 1 is 1.35 bits per heavy atom. The molecule has 0 bridgehead atoms. The second-order valence-electron chi connectivity index (χ2n) is 4.34. The Balaban J connectivity index is 2.23. The van der Waals surface area contributed by atoms with E-state index in [0.717, 1.165) is 22.9 Å². The molecule has 2 N–H and O–H groups in total. The van der Waals surface area contributed by atoms with Gasteiger partial charge in [0.05, 0.1) is 11.6 Å². The lowest BCUT2D eigenvalue weighted by molar-refractivity contribution is 0.105. The van der Waals surface area contributed by atoms with E-state index in [9.17, 15) is 0 Å². The number of fused-ring (bicyclic) bond motifs is 1. The van der Waals surface area contributed by atoms with E-state index >= 15 is 0 Å². The average molecular weight is 230 g/mol. The van der Waals surface area contributed by atoms with Crippen LogP contribution in [0.25, 0.3) is 10.9 Å². The maximum atomic E-state index is 6.15. The summed E-state index contributed by atoms with van der Waals surface area (Å²) in [6.07, 6.45) is 2.79. The van der Waals surface area contributed by atoms with Gasteiger partial charge in [-0.2, -0.15) is 0 Å². The van der Waals surface area contributed by atoms with Crippen LogP contribution in [-0.4, -0.2) is 18.2 Å². The Hall–Kier alpha value is -1.45. The second-order valence-corrected chi connectivity index (χ2v) is 4.34. The normalized spacial score (nSPS) is 14.8. The molecule has 0 amide bonds. The van der Waals surface area contributed by atoms with E-state index in [4.69, 9.17) is 10.5 Å². The van der Waals surface area contributed by atoms with Crippen molar-refractivity contribution >= 4 is 10.9 Å². The van der Waals surface area contributed by atoms with Crippen LogP contribution in [0.2, 0.25) is 0 Å². The molecule has 2 atom stereocenters. The van der Waals surface area contributed by atoms with Crippen molar-refractivity contribution < 1.29 is 4.74 Å². The molecule has 2 aromatic rings. The van der Waals surface area contributed by atoms with Crippen molar-refractivity contribution in [2.45, 2.75) is 25.5 Å². The minimum atomic E-state index is -0.00337. The number of aromatic nitrogens is 1. The fourth-order valence-electron chi connectivity index (χ4n) is 1.90. The van der Waals surface area contributed by atoms with Crippen LogP contribution in [0.4, 0.5) is 0 Å². The summed E-state index contributed by atoms with van der Waals surface area (Å²) in [6, 6.07) is 10.2. The van der Waals surface area contributed by atoms with Crippen molar-refractivity contribution in [3.63, 3.8) is 0 Å². The molecule has 17 heavy (non-hydrogen) atoms. The molecule has 1 aromatic carbocycles. The summed E-state index contributed by atoms with van der Waals surface area (Å²) in [7, 11) is 1.71. The van der Waals surface area contributed by atoms with Crippen LogP contribution >= 0.6 is 0 Å². The third kappa shape index (κ3) is 2.81. The molecule has 3 heteroatoms. The Bertz CT molecular complexity index is 498. The van der Waals surface area contributed by atoms with Gasteiger partial charge in [-0.05, 0) is 31.0 Å². The zero-order valence-electron chi connectivity index (χ0n) is 10.3. The number of rotatable bonds is 4. The minimum Gasteiger partial charge on any atom is -0.382 e. The zero-order valence-corrected chi connectivity index (χ0v) is 10.3. The van der Waals surface area contributed by atoms with Crippen molar-refractivity contribution in [1.29, 1.82) is 0 Å². The highest BCUT2D eigenvalue weighted by atomic mass is 16.5. The number of nitrogens with zero attached hydrogens (tertiary/aromatic N) is 1.